The molecule has 0 saturated carbocycles. The highest BCUT2D eigenvalue weighted by Gasteiger charge is 2.34. The summed E-state index contributed by atoms with van der Waals surface area (Å²) in [6, 6.07) is 4.61. The van der Waals surface area contributed by atoms with Gasteiger partial charge in [-0.2, -0.15) is 0 Å². The minimum atomic E-state index is -0.748. The van der Waals surface area contributed by atoms with E-state index in [1.54, 1.807) is 12.1 Å². The van der Waals surface area contributed by atoms with Gasteiger partial charge in [-0.05, 0) is 23.6 Å². The third-order valence-corrected chi connectivity index (χ3v) is 3.69. The molecule has 0 bridgehead atoms. The fourth-order valence-corrected chi connectivity index (χ4v) is 2.62. The van der Waals surface area contributed by atoms with Crippen molar-refractivity contribution in [2.24, 2.45) is 11.8 Å². The Morgan fingerprint density at radius 3 is 2.83 bits per heavy atom. The zero-order chi connectivity index (χ0) is 13.3. The molecule has 1 N–H and O–H groups in total. The van der Waals surface area contributed by atoms with Crippen LogP contribution in [0.3, 0.4) is 0 Å². The Morgan fingerprint density at radius 1 is 1.56 bits per heavy atom. The summed E-state index contributed by atoms with van der Waals surface area (Å²) in [7, 11) is 0. The Balaban J connectivity index is 2.03. The molecule has 0 aliphatic carbocycles. The fourth-order valence-electron chi connectivity index (χ4n) is 2.41. The van der Waals surface area contributed by atoms with E-state index in [0.29, 0.717) is 13.1 Å². The van der Waals surface area contributed by atoms with E-state index in [-0.39, 0.29) is 16.9 Å². The van der Waals surface area contributed by atoms with Crippen molar-refractivity contribution in [2.45, 2.75) is 13.5 Å². The van der Waals surface area contributed by atoms with Gasteiger partial charge in [-0.25, -0.2) is 4.39 Å². The van der Waals surface area contributed by atoms with Crippen LogP contribution in [0.2, 0.25) is 5.02 Å². The summed E-state index contributed by atoms with van der Waals surface area (Å²) in [6.45, 7) is 3.82. The van der Waals surface area contributed by atoms with Crippen molar-refractivity contribution in [1.82, 2.24) is 4.90 Å². The van der Waals surface area contributed by atoms with E-state index in [2.05, 4.69) is 4.90 Å². The molecule has 0 spiro atoms. The summed E-state index contributed by atoms with van der Waals surface area (Å²) in [5.41, 5.74) is 0.902. The lowest BCUT2D eigenvalue weighted by Crippen LogP contribution is -2.23. The van der Waals surface area contributed by atoms with E-state index in [4.69, 9.17) is 16.7 Å². The molecular weight excluding hydrogens is 257 g/mol. The van der Waals surface area contributed by atoms with Gasteiger partial charge < -0.3 is 5.11 Å². The molecule has 2 atom stereocenters. The Hall–Kier alpha value is -1.13. The second-order valence-corrected chi connectivity index (χ2v) is 5.27. The highest BCUT2D eigenvalue weighted by atomic mass is 35.5. The molecule has 0 amide bonds. The number of benzene rings is 1. The molecule has 2 unspecified atom stereocenters. The van der Waals surface area contributed by atoms with E-state index in [1.165, 1.54) is 6.07 Å². The highest BCUT2D eigenvalue weighted by Crippen LogP contribution is 2.25. The predicted octanol–water partition coefficient (Wildman–Crippen LogP) is 2.63. The lowest BCUT2D eigenvalue weighted by Gasteiger charge is -2.15. The van der Waals surface area contributed by atoms with E-state index < -0.39 is 11.8 Å². The average molecular weight is 272 g/mol. The number of nitrogens with zero attached hydrogens (tertiary/aromatic N) is 1. The number of hydrogen-bond donors (Lipinski definition) is 1. The second-order valence-electron chi connectivity index (χ2n) is 4.86. The smallest absolute Gasteiger partial charge is 0.308 e. The SMILES string of the molecule is CC1CN(Cc2ccc(F)c(Cl)c2)CC1C(=O)O. The van der Waals surface area contributed by atoms with Crippen LogP contribution in [-0.2, 0) is 11.3 Å². The predicted molar refractivity (Wildman–Crippen MR) is 67.0 cm³/mol. The van der Waals surface area contributed by atoms with E-state index in [1.807, 2.05) is 6.92 Å². The van der Waals surface area contributed by atoms with Gasteiger partial charge in [-0.1, -0.05) is 24.6 Å². The number of halogens is 2. The highest BCUT2D eigenvalue weighted by molar-refractivity contribution is 6.30. The normalized spacial score (nSPS) is 24.4. The molecule has 1 aromatic rings. The maximum atomic E-state index is 13.0. The molecule has 5 heteroatoms. The number of rotatable bonds is 3. The van der Waals surface area contributed by atoms with Gasteiger partial charge in [-0.3, -0.25) is 9.69 Å². The number of carboxylic acid groups (broad SMARTS) is 1. The van der Waals surface area contributed by atoms with Crippen LogP contribution in [0.4, 0.5) is 4.39 Å². The Kier molecular flexibility index (Phi) is 3.88. The van der Waals surface area contributed by atoms with Gasteiger partial charge in [0.2, 0.25) is 0 Å². The van der Waals surface area contributed by atoms with Crippen LogP contribution in [0, 0.1) is 17.7 Å². The van der Waals surface area contributed by atoms with Crippen molar-refractivity contribution >= 4 is 17.6 Å². The second kappa shape index (κ2) is 5.24. The quantitative estimate of drug-likeness (QED) is 0.919. The summed E-state index contributed by atoms with van der Waals surface area (Å²) in [5, 5.41) is 9.16. The van der Waals surface area contributed by atoms with Crippen LogP contribution in [0.15, 0.2) is 18.2 Å². The summed E-state index contributed by atoms with van der Waals surface area (Å²) in [5.74, 6) is -1.36. The zero-order valence-corrected chi connectivity index (χ0v) is 10.8. The first-order chi connectivity index (χ1) is 8.47. The minimum absolute atomic E-state index is 0.106. The number of carbonyl (C=O) groups is 1. The van der Waals surface area contributed by atoms with Crippen molar-refractivity contribution in [3.63, 3.8) is 0 Å². The van der Waals surface area contributed by atoms with Crippen molar-refractivity contribution in [3.8, 4) is 0 Å². The van der Waals surface area contributed by atoms with Gasteiger partial charge in [0.25, 0.3) is 0 Å². The molecule has 1 aliphatic heterocycles. The maximum Gasteiger partial charge on any atom is 0.308 e. The summed E-state index contributed by atoms with van der Waals surface area (Å²) >= 11 is 5.72. The number of aliphatic carboxylic acids is 1. The Morgan fingerprint density at radius 2 is 2.28 bits per heavy atom. The summed E-state index contributed by atoms with van der Waals surface area (Å²) < 4.78 is 13.0. The lowest BCUT2D eigenvalue weighted by molar-refractivity contribution is -0.142. The average Bonchev–Trinajstić information content (AvgIpc) is 2.65. The largest absolute Gasteiger partial charge is 0.481 e. The van der Waals surface area contributed by atoms with Crippen molar-refractivity contribution in [1.29, 1.82) is 0 Å². The monoisotopic (exact) mass is 271 g/mol. The van der Waals surface area contributed by atoms with Gasteiger partial charge in [0.1, 0.15) is 5.82 Å². The molecule has 0 aromatic heterocycles. The van der Waals surface area contributed by atoms with Crippen molar-refractivity contribution in [3.05, 3.63) is 34.6 Å². The first kappa shape index (κ1) is 13.3. The molecule has 1 fully saturated rings. The molecule has 3 nitrogen and oxygen atoms in total. The van der Waals surface area contributed by atoms with Gasteiger partial charge in [0.15, 0.2) is 0 Å². The van der Waals surface area contributed by atoms with Crippen LogP contribution < -0.4 is 0 Å². The number of carboxylic acids is 1. The van der Waals surface area contributed by atoms with Crippen molar-refractivity contribution < 1.29 is 14.3 Å². The number of hydrogen-bond acceptors (Lipinski definition) is 2. The van der Waals surface area contributed by atoms with Gasteiger partial charge >= 0.3 is 5.97 Å². The maximum absolute atomic E-state index is 13.0. The third kappa shape index (κ3) is 2.82. The summed E-state index contributed by atoms with van der Waals surface area (Å²) in [6.07, 6.45) is 0. The van der Waals surface area contributed by atoms with Gasteiger partial charge in [-0.15, -0.1) is 0 Å². The first-order valence-electron chi connectivity index (χ1n) is 5.86. The van der Waals surface area contributed by atoms with Gasteiger partial charge in [0, 0.05) is 19.6 Å². The molecule has 1 aliphatic rings. The summed E-state index contributed by atoms with van der Waals surface area (Å²) in [4.78, 5) is 13.1. The lowest BCUT2D eigenvalue weighted by atomic mass is 9.99. The molecule has 1 heterocycles. The third-order valence-electron chi connectivity index (χ3n) is 3.40. The standard InChI is InChI=1S/C13H15ClFNO2/c1-8-5-16(7-10(8)13(17)18)6-9-2-3-12(15)11(14)4-9/h2-4,8,10H,5-7H2,1H3,(H,17,18). The molecule has 1 aromatic carbocycles. The molecule has 0 radical (unpaired) electrons. The molecule has 1 saturated heterocycles. The van der Waals surface area contributed by atoms with E-state index in [9.17, 15) is 9.18 Å². The topological polar surface area (TPSA) is 40.5 Å². The van der Waals surface area contributed by atoms with Crippen LogP contribution in [-0.4, -0.2) is 29.1 Å². The first-order valence-corrected chi connectivity index (χ1v) is 6.24. The van der Waals surface area contributed by atoms with Gasteiger partial charge in [0.05, 0.1) is 10.9 Å². The molecule has 2 rings (SSSR count). The van der Waals surface area contributed by atoms with Crippen LogP contribution in [0.25, 0.3) is 0 Å². The van der Waals surface area contributed by atoms with Crippen LogP contribution in [0.5, 0.6) is 0 Å². The molecular formula is C13H15ClFNO2. The van der Waals surface area contributed by atoms with Crippen molar-refractivity contribution in [2.75, 3.05) is 13.1 Å². The minimum Gasteiger partial charge on any atom is -0.481 e. The Labute approximate surface area is 110 Å². The zero-order valence-electron chi connectivity index (χ0n) is 10.1. The molecule has 98 valence electrons. The Bertz CT molecular complexity index is 466. The number of likely N-dealkylation sites (tertiary alicyclic amines) is 1. The van der Waals surface area contributed by atoms with Crippen LogP contribution in [0.1, 0.15) is 12.5 Å². The van der Waals surface area contributed by atoms with E-state index >= 15 is 0 Å². The molecule has 18 heavy (non-hydrogen) atoms. The fraction of sp³-hybridized carbons (Fsp3) is 0.462. The van der Waals surface area contributed by atoms with Crippen LogP contribution >= 0.6 is 11.6 Å². The van der Waals surface area contributed by atoms with E-state index in [0.717, 1.165) is 12.1 Å².